The predicted octanol–water partition coefficient (Wildman–Crippen LogP) is 0.312. The molecular weight excluding hydrogens is 258 g/mol. The molecule has 1 unspecified atom stereocenters. The molecule has 2 heterocycles. The molecule has 0 radical (unpaired) electrons. The number of fused-ring (bicyclic) bond motifs is 2. The topological polar surface area (TPSA) is 69.7 Å². The van der Waals surface area contributed by atoms with Gasteiger partial charge < -0.3 is 15.1 Å². The Hall–Kier alpha value is -2.37. The van der Waals surface area contributed by atoms with Gasteiger partial charge >= 0.3 is 0 Å². The smallest absolute Gasteiger partial charge is 0.256 e. The molecule has 1 N–H and O–H groups in total. The molecule has 0 saturated carbocycles. The highest BCUT2D eigenvalue weighted by atomic mass is 16.2. The van der Waals surface area contributed by atoms with Crippen molar-refractivity contribution < 1.29 is 14.4 Å². The quantitative estimate of drug-likeness (QED) is 0.739. The molecule has 3 amide bonds. The number of anilines is 1. The number of nitrogens with one attached hydrogen (secondary N) is 1. The summed E-state index contributed by atoms with van der Waals surface area (Å²) >= 11 is 0. The van der Waals surface area contributed by atoms with Gasteiger partial charge in [-0.05, 0) is 12.1 Å². The summed E-state index contributed by atoms with van der Waals surface area (Å²) in [5.74, 6) is -0.479. The van der Waals surface area contributed by atoms with E-state index in [1.165, 1.54) is 6.92 Å². The first-order valence-electron chi connectivity index (χ1n) is 6.54. The SMILES string of the molecule is CC(=O)N1CCN2C(=O)c3ccccc3NC(=O)C2C1. The largest absolute Gasteiger partial charge is 0.339 e. The van der Waals surface area contributed by atoms with Gasteiger partial charge in [0.05, 0.1) is 17.8 Å². The minimum absolute atomic E-state index is 0.0772. The molecule has 0 bridgehead atoms. The van der Waals surface area contributed by atoms with Crippen molar-refractivity contribution in [3.05, 3.63) is 29.8 Å². The standard InChI is InChI=1S/C14H15N3O3/c1-9(18)16-6-7-17-12(8-16)13(19)15-11-5-3-2-4-10(11)14(17)20/h2-5,12H,6-8H2,1H3,(H,15,19). The van der Waals surface area contributed by atoms with Crippen LogP contribution in [0.15, 0.2) is 24.3 Å². The van der Waals surface area contributed by atoms with E-state index in [0.717, 1.165) is 0 Å². The van der Waals surface area contributed by atoms with Crippen molar-refractivity contribution in [1.29, 1.82) is 0 Å². The molecule has 1 fully saturated rings. The third kappa shape index (κ3) is 1.93. The Morgan fingerprint density at radius 1 is 1.25 bits per heavy atom. The number of rotatable bonds is 0. The predicted molar refractivity (Wildman–Crippen MR) is 72.2 cm³/mol. The maximum atomic E-state index is 12.5. The third-order valence-electron chi connectivity index (χ3n) is 3.80. The first-order valence-corrected chi connectivity index (χ1v) is 6.54. The van der Waals surface area contributed by atoms with Crippen LogP contribution in [0.25, 0.3) is 0 Å². The zero-order chi connectivity index (χ0) is 14.3. The Morgan fingerprint density at radius 2 is 2.00 bits per heavy atom. The van der Waals surface area contributed by atoms with Crippen molar-refractivity contribution in [3.8, 4) is 0 Å². The van der Waals surface area contributed by atoms with Gasteiger partial charge in [-0.15, -0.1) is 0 Å². The van der Waals surface area contributed by atoms with Gasteiger partial charge in [-0.3, -0.25) is 14.4 Å². The number of piperazine rings is 1. The minimum atomic E-state index is -0.618. The van der Waals surface area contributed by atoms with Gasteiger partial charge in [-0.25, -0.2) is 0 Å². The molecule has 2 aliphatic heterocycles. The second-order valence-corrected chi connectivity index (χ2v) is 5.01. The van der Waals surface area contributed by atoms with E-state index in [-0.39, 0.29) is 24.3 Å². The van der Waals surface area contributed by atoms with E-state index >= 15 is 0 Å². The summed E-state index contributed by atoms with van der Waals surface area (Å²) in [7, 11) is 0. The van der Waals surface area contributed by atoms with Crippen molar-refractivity contribution in [2.24, 2.45) is 0 Å². The molecule has 0 aromatic heterocycles. The van der Waals surface area contributed by atoms with E-state index in [2.05, 4.69) is 5.32 Å². The summed E-state index contributed by atoms with van der Waals surface area (Å²) in [6.45, 7) is 2.57. The molecule has 1 aromatic carbocycles. The fourth-order valence-electron chi connectivity index (χ4n) is 2.69. The Morgan fingerprint density at radius 3 is 2.75 bits per heavy atom. The zero-order valence-corrected chi connectivity index (χ0v) is 11.1. The zero-order valence-electron chi connectivity index (χ0n) is 11.1. The highest BCUT2D eigenvalue weighted by Gasteiger charge is 2.39. The molecule has 6 heteroatoms. The summed E-state index contributed by atoms with van der Waals surface area (Å²) < 4.78 is 0. The van der Waals surface area contributed by atoms with E-state index in [9.17, 15) is 14.4 Å². The summed E-state index contributed by atoms with van der Waals surface area (Å²) in [4.78, 5) is 39.4. The number of hydrogen-bond donors (Lipinski definition) is 1. The van der Waals surface area contributed by atoms with Crippen LogP contribution >= 0.6 is 0 Å². The van der Waals surface area contributed by atoms with Crippen LogP contribution in [-0.4, -0.2) is 53.2 Å². The van der Waals surface area contributed by atoms with Crippen LogP contribution in [0.5, 0.6) is 0 Å². The number of amides is 3. The van der Waals surface area contributed by atoms with E-state index < -0.39 is 6.04 Å². The maximum Gasteiger partial charge on any atom is 0.256 e. The first-order chi connectivity index (χ1) is 9.58. The summed E-state index contributed by atoms with van der Waals surface area (Å²) in [6.07, 6.45) is 0. The van der Waals surface area contributed by atoms with E-state index in [1.807, 2.05) is 0 Å². The number of nitrogens with zero attached hydrogens (tertiary/aromatic N) is 2. The third-order valence-corrected chi connectivity index (χ3v) is 3.80. The van der Waals surface area contributed by atoms with Gasteiger partial charge in [-0.1, -0.05) is 12.1 Å². The highest BCUT2D eigenvalue weighted by Crippen LogP contribution is 2.25. The van der Waals surface area contributed by atoms with E-state index in [1.54, 1.807) is 34.1 Å². The van der Waals surface area contributed by atoms with Crippen molar-refractivity contribution in [3.63, 3.8) is 0 Å². The lowest BCUT2D eigenvalue weighted by atomic mass is 10.1. The molecule has 1 atom stereocenters. The normalized spacial score (nSPS) is 21.8. The summed E-state index contributed by atoms with van der Waals surface area (Å²) in [5.41, 5.74) is 1.03. The molecule has 104 valence electrons. The number of hydrogen-bond acceptors (Lipinski definition) is 3. The summed E-state index contributed by atoms with van der Waals surface area (Å²) in [5, 5.41) is 2.77. The molecule has 1 saturated heterocycles. The molecule has 6 nitrogen and oxygen atoms in total. The van der Waals surface area contributed by atoms with Crippen LogP contribution in [0.3, 0.4) is 0 Å². The first kappa shape index (κ1) is 12.7. The van der Waals surface area contributed by atoms with Gasteiger partial charge in [0, 0.05) is 20.0 Å². The van der Waals surface area contributed by atoms with Crippen LogP contribution in [-0.2, 0) is 9.59 Å². The van der Waals surface area contributed by atoms with Gasteiger partial charge in [0.1, 0.15) is 6.04 Å². The van der Waals surface area contributed by atoms with Gasteiger partial charge in [-0.2, -0.15) is 0 Å². The van der Waals surface area contributed by atoms with Crippen LogP contribution < -0.4 is 5.32 Å². The van der Waals surface area contributed by atoms with Crippen LogP contribution in [0.4, 0.5) is 5.69 Å². The fraction of sp³-hybridized carbons (Fsp3) is 0.357. The van der Waals surface area contributed by atoms with Crippen molar-refractivity contribution in [2.45, 2.75) is 13.0 Å². The fourth-order valence-corrected chi connectivity index (χ4v) is 2.69. The average molecular weight is 273 g/mol. The Labute approximate surface area is 116 Å². The number of benzene rings is 1. The summed E-state index contributed by atoms with van der Waals surface area (Å²) in [6, 6.07) is 6.35. The Kier molecular flexibility index (Phi) is 2.93. The van der Waals surface area contributed by atoms with Crippen molar-refractivity contribution in [2.75, 3.05) is 25.0 Å². The lowest BCUT2D eigenvalue weighted by Crippen LogP contribution is -2.59. The van der Waals surface area contributed by atoms with Crippen LogP contribution in [0, 0.1) is 0 Å². The Bertz CT molecular complexity index is 599. The molecular formula is C14H15N3O3. The Balaban J connectivity index is 1.97. The van der Waals surface area contributed by atoms with Crippen molar-refractivity contribution in [1.82, 2.24) is 9.80 Å². The van der Waals surface area contributed by atoms with Gasteiger partial charge in [0.15, 0.2) is 0 Å². The molecule has 3 rings (SSSR count). The highest BCUT2D eigenvalue weighted by molar-refractivity contribution is 6.10. The second kappa shape index (κ2) is 4.63. The lowest BCUT2D eigenvalue weighted by Gasteiger charge is -2.38. The minimum Gasteiger partial charge on any atom is -0.339 e. The molecule has 0 aliphatic carbocycles. The lowest BCUT2D eigenvalue weighted by molar-refractivity contribution is -0.133. The van der Waals surface area contributed by atoms with Crippen LogP contribution in [0.2, 0.25) is 0 Å². The molecule has 20 heavy (non-hydrogen) atoms. The van der Waals surface area contributed by atoms with Crippen LogP contribution in [0.1, 0.15) is 17.3 Å². The monoisotopic (exact) mass is 273 g/mol. The molecule has 0 spiro atoms. The number of para-hydroxylation sites is 1. The average Bonchev–Trinajstić information content (AvgIpc) is 2.55. The number of carbonyl (C=O) groups is 3. The van der Waals surface area contributed by atoms with Gasteiger partial charge in [0.2, 0.25) is 11.8 Å². The van der Waals surface area contributed by atoms with E-state index in [0.29, 0.717) is 24.3 Å². The maximum absolute atomic E-state index is 12.5. The van der Waals surface area contributed by atoms with E-state index in [4.69, 9.17) is 0 Å². The molecule has 1 aromatic rings. The van der Waals surface area contributed by atoms with Crippen molar-refractivity contribution >= 4 is 23.4 Å². The van der Waals surface area contributed by atoms with Gasteiger partial charge in [0.25, 0.3) is 5.91 Å². The molecule has 2 aliphatic rings. The second-order valence-electron chi connectivity index (χ2n) is 5.01. The number of carbonyl (C=O) groups excluding carboxylic acids is 3.